The van der Waals surface area contributed by atoms with Gasteiger partial charge in [0.05, 0.1) is 16.6 Å². The Kier molecular flexibility index (Phi) is 4.36. The Bertz CT molecular complexity index is 1330. The molecule has 1 unspecified atom stereocenters. The molecule has 1 aromatic heterocycles. The van der Waals surface area contributed by atoms with E-state index in [4.69, 9.17) is 0 Å². The summed E-state index contributed by atoms with van der Waals surface area (Å²) in [4.78, 5) is 34.7. The van der Waals surface area contributed by atoms with Gasteiger partial charge in [-0.25, -0.2) is 9.37 Å². The van der Waals surface area contributed by atoms with Crippen LogP contribution in [-0.2, 0) is 9.59 Å². The molecule has 6 nitrogen and oxygen atoms in total. The van der Waals surface area contributed by atoms with E-state index in [0.717, 1.165) is 4.90 Å². The Hall–Kier alpha value is -4.26. The van der Waals surface area contributed by atoms with Gasteiger partial charge in [0.25, 0.3) is 5.78 Å². The standard InChI is InChI=1S/C24H16FN3O3/c25-16-11-5-4-10-15(16)20-19(21(29)14-8-2-1-3-9-14)22(30)23(31)28(20)24-26-17-12-6-7-13-18(17)27-24/h1-13,20,29H,(H,26,27)/b21-19+. The molecule has 1 amide bonds. The zero-order valence-electron chi connectivity index (χ0n) is 16.1. The van der Waals surface area contributed by atoms with Gasteiger partial charge in [-0.15, -0.1) is 0 Å². The summed E-state index contributed by atoms with van der Waals surface area (Å²) in [5.74, 6) is -2.68. The van der Waals surface area contributed by atoms with Gasteiger partial charge in [-0.2, -0.15) is 0 Å². The van der Waals surface area contributed by atoms with Crippen molar-refractivity contribution in [1.29, 1.82) is 0 Å². The quantitative estimate of drug-likeness (QED) is 0.297. The number of hydrogen-bond donors (Lipinski definition) is 2. The molecule has 0 spiro atoms. The first kappa shape index (κ1) is 18.7. The first-order chi connectivity index (χ1) is 15.1. The first-order valence-corrected chi connectivity index (χ1v) is 9.62. The van der Waals surface area contributed by atoms with Crippen LogP contribution in [0.5, 0.6) is 0 Å². The van der Waals surface area contributed by atoms with Crippen LogP contribution in [0.25, 0.3) is 16.8 Å². The van der Waals surface area contributed by atoms with Gasteiger partial charge < -0.3 is 10.1 Å². The number of halogens is 1. The van der Waals surface area contributed by atoms with Crippen LogP contribution in [0.2, 0.25) is 0 Å². The van der Waals surface area contributed by atoms with Crippen LogP contribution >= 0.6 is 0 Å². The number of ketones is 1. The third-order valence-electron chi connectivity index (χ3n) is 5.30. The van der Waals surface area contributed by atoms with Crippen LogP contribution in [0, 0.1) is 5.82 Å². The fourth-order valence-electron chi connectivity index (χ4n) is 3.85. The maximum absolute atomic E-state index is 14.8. The normalized spacial score (nSPS) is 18.1. The van der Waals surface area contributed by atoms with E-state index in [1.54, 1.807) is 54.6 Å². The number of aromatic nitrogens is 2. The zero-order valence-corrected chi connectivity index (χ0v) is 16.1. The smallest absolute Gasteiger partial charge is 0.302 e. The van der Waals surface area contributed by atoms with Crippen LogP contribution in [0.4, 0.5) is 10.3 Å². The van der Waals surface area contributed by atoms with Crippen LogP contribution in [0.3, 0.4) is 0 Å². The average molecular weight is 413 g/mol. The summed E-state index contributed by atoms with van der Waals surface area (Å²) in [6, 6.07) is 20.2. The Morgan fingerprint density at radius 2 is 1.61 bits per heavy atom. The number of para-hydroxylation sites is 2. The van der Waals surface area contributed by atoms with Gasteiger partial charge in [0, 0.05) is 11.1 Å². The molecule has 3 aromatic carbocycles. The fourth-order valence-corrected chi connectivity index (χ4v) is 3.85. The summed E-state index contributed by atoms with van der Waals surface area (Å²) in [6.07, 6.45) is 0. The molecule has 1 fully saturated rings. The van der Waals surface area contributed by atoms with Gasteiger partial charge in [0.15, 0.2) is 0 Å². The van der Waals surface area contributed by atoms with E-state index in [1.165, 1.54) is 18.2 Å². The molecule has 0 saturated carbocycles. The lowest BCUT2D eigenvalue weighted by Gasteiger charge is -2.23. The maximum atomic E-state index is 14.8. The lowest BCUT2D eigenvalue weighted by Crippen LogP contribution is -2.30. The van der Waals surface area contributed by atoms with Crippen molar-refractivity contribution in [2.75, 3.05) is 4.90 Å². The monoisotopic (exact) mass is 413 g/mol. The Morgan fingerprint density at radius 1 is 0.935 bits per heavy atom. The number of amides is 1. The number of imidazole rings is 1. The molecular weight excluding hydrogens is 397 g/mol. The Labute approximate surface area is 176 Å². The molecule has 0 aliphatic carbocycles. The first-order valence-electron chi connectivity index (χ1n) is 9.62. The topological polar surface area (TPSA) is 86.3 Å². The summed E-state index contributed by atoms with van der Waals surface area (Å²) in [7, 11) is 0. The molecule has 4 aromatic rings. The highest BCUT2D eigenvalue weighted by Crippen LogP contribution is 2.42. The second kappa shape index (κ2) is 7.21. The molecule has 2 N–H and O–H groups in total. The largest absolute Gasteiger partial charge is 0.507 e. The third-order valence-corrected chi connectivity index (χ3v) is 5.30. The highest BCUT2D eigenvalue weighted by Gasteiger charge is 2.49. The number of nitrogens with one attached hydrogen (secondary N) is 1. The Morgan fingerprint density at radius 3 is 2.35 bits per heavy atom. The molecule has 1 atom stereocenters. The van der Waals surface area contributed by atoms with Crippen LogP contribution in [0.1, 0.15) is 17.2 Å². The highest BCUT2D eigenvalue weighted by molar-refractivity contribution is 6.51. The molecular formula is C24H16FN3O3. The van der Waals surface area contributed by atoms with Crippen molar-refractivity contribution in [3.8, 4) is 0 Å². The van der Waals surface area contributed by atoms with Gasteiger partial charge >= 0.3 is 5.91 Å². The number of aromatic amines is 1. The summed E-state index contributed by atoms with van der Waals surface area (Å²) < 4.78 is 14.8. The number of aliphatic hydroxyl groups is 1. The zero-order chi connectivity index (χ0) is 21.5. The minimum absolute atomic E-state index is 0.0830. The molecule has 1 saturated heterocycles. The summed E-state index contributed by atoms with van der Waals surface area (Å²) in [6.45, 7) is 0. The van der Waals surface area contributed by atoms with Crippen molar-refractivity contribution in [1.82, 2.24) is 9.97 Å². The van der Waals surface area contributed by atoms with Crippen molar-refractivity contribution in [3.05, 3.63) is 101 Å². The predicted molar refractivity (Wildman–Crippen MR) is 114 cm³/mol. The van der Waals surface area contributed by atoms with Crippen molar-refractivity contribution in [2.45, 2.75) is 6.04 Å². The second-order valence-corrected chi connectivity index (χ2v) is 7.13. The van der Waals surface area contributed by atoms with Crippen molar-refractivity contribution >= 4 is 34.4 Å². The number of aliphatic hydroxyl groups excluding tert-OH is 1. The highest BCUT2D eigenvalue weighted by atomic mass is 19.1. The fraction of sp³-hybridized carbons (Fsp3) is 0.0417. The van der Waals surface area contributed by atoms with E-state index in [9.17, 15) is 19.1 Å². The van der Waals surface area contributed by atoms with E-state index < -0.39 is 23.5 Å². The summed E-state index contributed by atoms with van der Waals surface area (Å²) >= 11 is 0. The van der Waals surface area contributed by atoms with Crippen LogP contribution < -0.4 is 4.90 Å². The maximum Gasteiger partial charge on any atom is 0.302 e. The minimum atomic E-state index is -1.18. The van der Waals surface area contributed by atoms with Crippen LogP contribution in [-0.4, -0.2) is 26.8 Å². The van der Waals surface area contributed by atoms with E-state index in [0.29, 0.717) is 16.6 Å². The van der Waals surface area contributed by atoms with Crippen LogP contribution in [0.15, 0.2) is 84.4 Å². The molecule has 0 radical (unpaired) electrons. The number of rotatable bonds is 3. The minimum Gasteiger partial charge on any atom is -0.507 e. The van der Waals surface area contributed by atoms with Crippen molar-refractivity contribution in [3.63, 3.8) is 0 Å². The number of nitrogens with zero attached hydrogens (tertiary/aromatic N) is 2. The second-order valence-electron chi connectivity index (χ2n) is 7.13. The number of carbonyl (C=O) groups excluding carboxylic acids is 2. The summed E-state index contributed by atoms with van der Waals surface area (Å²) in [5.41, 5.74) is 1.50. The van der Waals surface area contributed by atoms with Gasteiger partial charge in [0.1, 0.15) is 17.6 Å². The van der Waals surface area contributed by atoms with Gasteiger partial charge in [-0.05, 0) is 18.2 Å². The molecule has 1 aliphatic heterocycles. The number of Topliss-reactive ketones (excluding diaryl/α,β-unsaturated/α-hetero) is 1. The molecule has 31 heavy (non-hydrogen) atoms. The molecule has 152 valence electrons. The lowest BCUT2D eigenvalue weighted by atomic mass is 9.95. The molecule has 1 aliphatic rings. The number of benzene rings is 3. The molecule has 2 heterocycles. The van der Waals surface area contributed by atoms with E-state index in [1.807, 2.05) is 6.07 Å². The van der Waals surface area contributed by atoms with Gasteiger partial charge in [0.2, 0.25) is 5.95 Å². The van der Waals surface area contributed by atoms with E-state index in [-0.39, 0.29) is 22.8 Å². The lowest BCUT2D eigenvalue weighted by molar-refractivity contribution is -0.132. The third kappa shape index (κ3) is 2.98. The van der Waals surface area contributed by atoms with Crippen molar-refractivity contribution in [2.24, 2.45) is 0 Å². The average Bonchev–Trinajstić information content (AvgIpc) is 3.33. The molecule has 0 bridgehead atoms. The Balaban J connectivity index is 1.77. The number of fused-ring (bicyclic) bond motifs is 1. The number of anilines is 1. The number of carbonyl (C=O) groups is 2. The number of H-pyrrole nitrogens is 1. The predicted octanol–water partition coefficient (Wildman–Crippen LogP) is 4.33. The van der Waals surface area contributed by atoms with Gasteiger partial charge in [-0.1, -0.05) is 60.7 Å². The van der Waals surface area contributed by atoms with E-state index >= 15 is 0 Å². The summed E-state index contributed by atoms with van der Waals surface area (Å²) in [5, 5.41) is 11.0. The number of hydrogen-bond acceptors (Lipinski definition) is 4. The SMILES string of the molecule is O=C1C(=O)N(c2nc3ccccc3[nH]2)C(c2ccccc2F)/C1=C(\O)c1ccccc1. The van der Waals surface area contributed by atoms with Crippen molar-refractivity contribution < 1.29 is 19.1 Å². The molecule has 5 rings (SSSR count). The molecule has 7 heteroatoms. The van der Waals surface area contributed by atoms with Gasteiger partial charge in [-0.3, -0.25) is 14.5 Å². The van der Waals surface area contributed by atoms with E-state index in [2.05, 4.69) is 9.97 Å².